The molecule has 2 aliphatic heterocycles. The Kier molecular flexibility index (Phi) is 6.59. The molecule has 2 aliphatic rings. The number of rotatable bonds is 6. The van der Waals surface area contributed by atoms with E-state index in [1.807, 2.05) is 19.1 Å². The van der Waals surface area contributed by atoms with Crippen LogP contribution in [0.2, 0.25) is 0 Å². The van der Waals surface area contributed by atoms with Gasteiger partial charge in [-0.25, -0.2) is 12.7 Å². The van der Waals surface area contributed by atoms with E-state index in [-0.39, 0.29) is 29.8 Å². The van der Waals surface area contributed by atoms with Gasteiger partial charge in [-0.1, -0.05) is 29.8 Å². The highest BCUT2D eigenvalue weighted by Gasteiger charge is 2.36. The molecule has 32 heavy (non-hydrogen) atoms. The van der Waals surface area contributed by atoms with Crippen molar-refractivity contribution in [2.24, 2.45) is 0 Å². The topological polar surface area (TPSA) is 96.0 Å². The van der Waals surface area contributed by atoms with Crippen molar-refractivity contribution in [1.82, 2.24) is 10.2 Å². The highest BCUT2D eigenvalue weighted by molar-refractivity contribution is 7.94. The Morgan fingerprint density at radius 3 is 2.47 bits per heavy atom. The molecular formula is C23H27N3O5S. The molecule has 2 saturated heterocycles. The number of hydrogen-bond donors (Lipinski definition) is 1. The number of carbonyl (C=O) groups excluding carboxylic acids is 2. The lowest BCUT2D eigenvalue weighted by Gasteiger charge is -2.35. The maximum atomic E-state index is 12.8. The number of anilines is 1. The van der Waals surface area contributed by atoms with Gasteiger partial charge in [0.1, 0.15) is 0 Å². The molecule has 0 aromatic heterocycles. The molecule has 2 aromatic carbocycles. The minimum absolute atomic E-state index is 0.0214. The number of amides is 2. The maximum Gasteiger partial charge on any atom is 0.251 e. The Morgan fingerprint density at radius 1 is 1.12 bits per heavy atom. The molecule has 0 radical (unpaired) electrons. The smallest absolute Gasteiger partial charge is 0.251 e. The monoisotopic (exact) mass is 457 g/mol. The van der Waals surface area contributed by atoms with E-state index in [1.54, 1.807) is 12.1 Å². The van der Waals surface area contributed by atoms with Crippen LogP contribution < -0.4 is 9.62 Å². The van der Waals surface area contributed by atoms with Crippen LogP contribution in [0.15, 0.2) is 48.5 Å². The van der Waals surface area contributed by atoms with Crippen molar-refractivity contribution in [1.29, 1.82) is 0 Å². The van der Waals surface area contributed by atoms with E-state index in [1.165, 1.54) is 12.1 Å². The summed E-state index contributed by atoms with van der Waals surface area (Å²) in [5.41, 5.74) is 2.96. The highest BCUT2D eigenvalue weighted by Crippen LogP contribution is 2.26. The molecule has 0 aliphatic carbocycles. The van der Waals surface area contributed by atoms with E-state index in [0.717, 1.165) is 28.5 Å². The second-order valence-electron chi connectivity index (χ2n) is 8.06. The summed E-state index contributed by atoms with van der Waals surface area (Å²) >= 11 is 0. The largest absolute Gasteiger partial charge is 0.379 e. The van der Waals surface area contributed by atoms with E-state index in [4.69, 9.17) is 4.74 Å². The van der Waals surface area contributed by atoms with Gasteiger partial charge in [0.05, 0.1) is 30.7 Å². The predicted octanol–water partition coefficient (Wildman–Crippen LogP) is 1.86. The number of sulfonamides is 1. The second kappa shape index (κ2) is 9.40. The zero-order valence-electron chi connectivity index (χ0n) is 18.0. The quantitative estimate of drug-likeness (QED) is 0.712. The molecule has 1 atom stereocenters. The SMILES string of the molecule is Cc1cccc(C(CNC(=O)c2ccc(N3C(=O)CCS3(=O)=O)cc2)N2CCOCC2)c1. The van der Waals surface area contributed by atoms with Crippen LogP contribution in [-0.2, 0) is 19.6 Å². The lowest BCUT2D eigenvalue weighted by molar-refractivity contribution is -0.116. The fourth-order valence-corrected chi connectivity index (χ4v) is 5.59. The number of nitrogens with zero attached hydrogens (tertiary/aromatic N) is 2. The van der Waals surface area contributed by atoms with Gasteiger partial charge in [0.25, 0.3) is 5.91 Å². The molecule has 8 nitrogen and oxygen atoms in total. The third-order valence-corrected chi connectivity index (χ3v) is 7.50. The average Bonchev–Trinajstić information content (AvgIpc) is 3.07. The van der Waals surface area contributed by atoms with Crippen LogP contribution in [0.1, 0.15) is 33.9 Å². The van der Waals surface area contributed by atoms with Gasteiger partial charge in [0.2, 0.25) is 15.9 Å². The molecular weight excluding hydrogens is 430 g/mol. The van der Waals surface area contributed by atoms with Gasteiger partial charge >= 0.3 is 0 Å². The van der Waals surface area contributed by atoms with Gasteiger partial charge in [-0.2, -0.15) is 0 Å². The Morgan fingerprint density at radius 2 is 1.84 bits per heavy atom. The fraction of sp³-hybridized carbons (Fsp3) is 0.391. The van der Waals surface area contributed by atoms with Gasteiger partial charge in [0, 0.05) is 31.6 Å². The van der Waals surface area contributed by atoms with Crippen molar-refractivity contribution in [3.63, 3.8) is 0 Å². The molecule has 9 heteroatoms. The van der Waals surface area contributed by atoms with Crippen molar-refractivity contribution in [3.8, 4) is 0 Å². The van der Waals surface area contributed by atoms with E-state index < -0.39 is 15.9 Å². The molecule has 0 bridgehead atoms. The Hall–Kier alpha value is -2.75. The number of hydrogen-bond acceptors (Lipinski definition) is 6. The minimum atomic E-state index is -3.62. The van der Waals surface area contributed by atoms with E-state index in [9.17, 15) is 18.0 Å². The zero-order valence-corrected chi connectivity index (χ0v) is 18.8. The van der Waals surface area contributed by atoms with Crippen LogP contribution in [0.4, 0.5) is 5.69 Å². The lowest BCUT2D eigenvalue weighted by atomic mass is 10.0. The van der Waals surface area contributed by atoms with Crippen LogP contribution in [-0.4, -0.2) is 63.7 Å². The molecule has 2 heterocycles. The van der Waals surface area contributed by atoms with Crippen LogP contribution in [0.3, 0.4) is 0 Å². The third kappa shape index (κ3) is 4.85. The fourth-order valence-electron chi connectivity index (χ4n) is 4.13. The van der Waals surface area contributed by atoms with Crippen LogP contribution in [0.5, 0.6) is 0 Å². The number of nitrogens with one attached hydrogen (secondary N) is 1. The van der Waals surface area contributed by atoms with Crippen LogP contribution in [0.25, 0.3) is 0 Å². The normalized spacial score (nSPS) is 19.7. The summed E-state index contributed by atoms with van der Waals surface area (Å²) < 4.78 is 30.5. The summed E-state index contributed by atoms with van der Waals surface area (Å²) in [5, 5.41) is 3.01. The first kappa shape index (κ1) is 22.4. The van der Waals surface area contributed by atoms with Gasteiger partial charge in [-0.15, -0.1) is 0 Å². The second-order valence-corrected chi connectivity index (χ2v) is 10.00. The highest BCUT2D eigenvalue weighted by atomic mass is 32.2. The molecule has 2 fully saturated rings. The molecule has 0 saturated carbocycles. The summed E-state index contributed by atoms with van der Waals surface area (Å²) in [4.78, 5) is 27.1. The summed E-state index contributed by atoms with van der Waals surface area (Å²) in [6.45, 7) is 5.39. The van der Waals surface area contributed by atoms with Crippen molar-refractivity contribution in [2.75, 3.05) is 42.9 Å². The Bertz CT molecular complexity index is 1090. The minimum Gasteiger partial charge on any atom is -0.379 e. The predicted molar refractivity (Wildman–Crippen MR) is 121 cm³/mol. The Balaban J connectivity index is 1.46. The summed E-state index contributed by atoms with van der Waals surface area (Å²) in [5.74, 6) is -0.887. The van der Waals surface area contributed by atoms with Gasteiger partial charge < -0.3 is 10.1 Å². The average molecular weight is 458 g/mol. The molecule has 2 aromatic rings. The molecule has 4 rings (SSSR count). The number of morpholine rings is 1. The van der Waals surface area contributed by atoms with Gasteiger partial charge in [0.15, 0.2) is 0 Å². The number of carbonyl (C=O) groups is 2. The number of ether oxygens (including phenoxy) is 1. The molecule has 2 amide bonds. The van der Waals surface area contributed by atoms with E-state index in [0.29, 0.717) is 25.3 Å². The lowest BCUT2D eigenvalue weighted by Crippen LogP contribution is -2.43. The van der Waals surface area contributed by atoms with E-state index in [2.05, 4.69) is 22.3 Å². The number of benzene rings is 2. The van der Waals surface area contributed by atoms with Gasteiger partial charge in [-0.3, -0.25) is 14.5 Å². The molecule has 1 unspecified atom stereocenters. The molecule has 170 valence electrons. The van der Waals surface area contributed by atoms with Gasteiger partial charge in [-0.05, 0) is 36.8 Å². The van der Waals surface area contributed by atoms with Crippen LogP contribution >= 0.6 is 0 Å². The van der Waals surface area contributed by atoms with Crippen LogP contribution in [0, 0.1) is 6.92 Å². The first-order valence-electron chi connectivity index (χ1n) is 10.7. The molecule has 1 N–H and O–H groups in total. The van der Waals surface area contributed by atoms with Crippen molar-refractivity contribution >= 4 is 27.5 Å². The summed E-state index contributed by atoms with van der Waals surface area (Å²) in [7, 11) is -3.62. The van der Waals surface area contributed by atoms with Crippen molar-refractivity contribution in [3.05, 3.63) is 65.2 Å². The third-order valence-electron chi connectivity index (χ3n) is 5.81. The maximum absolute atomic E-state index is 12.8. The Labute approximate surface area is 188 Å². The zero-order chi connectivity index (χ0) is 22.7. The molecule has 0 spiro atoms. The van der Waals surface area contributed by atoms with Crippen molar-refractivity contribution < 1.29 is 22.7 Å². The first-order valence-corrected chi connectivity index (χ1v) is 12.3. The van der Waals surface area contributed by atoms with Crippen molar-refractivity contribution in [2.45, 2.75) is 19.4 Å². The standard InChI is InChI=1S/C23H27N3O5S/c1-17-3-2-4-19(15-17)21(25-10-12-31-13-11-25)16-24-23(28)18-5-7-20(8-6-18)26-22(27)9-14-32(26,29)30/h2-8,15,21H,9-14,16H2,1H3,(H,24,28). The number of aryl methyl sites for hydroxylation is 1. The summed E-state index contributed by atoms with van der Waals surface area (Å²) in [6.07, 6.45) is -0.0214. The first-order chi connectivity index (χ1) is 15.3. The van der Waals surface area contributed by atoms with E-state index >= 15 is 0 Å². The summed E-state index contributed by atoms with van der Waals surface area (Å²) in [6, 6.07) is 14.4.